The summed E-state index contributed by atoms with van der Waals surface area (Å²) in [6.45, 7) is 0. The Bertz CT molecular complexity index is 616. The lowest BCUT2D eigenvalue weighted by Crippen LogP contribution is -2.20. The SMILES string of the molecule is CNC(Cc1cc(F)ccc1Br)c1cc(F)ccc1F. The molecule has 20 heavy (non-hydrogen) atoms. The fourth-order valence-electron chi connectivity index (χ4n) is 2.07. The summed E-state index contributed by atoms with van der Waals surface area (Å²) in [5.41, 5.74) is 0.914. The van der Waals surface area contributed by atoms with Crippen LogP contribution in [0.15, 0.2) is 40.9 Å². The van der Waals surface area contributed by atoms with E-state index < -0.39 is 17.7 Å². The number of benzene rings is 2. The maximum absolute atomic E-state index is 13.8. The predicted octanol–water partition coefficient (Wildman–Crippen LogP) is 4.37. The average Bonchev–Trinajstić information content (AvgIpc) is 2.42. The Kier molecular flexibility index (Phi) is 4.83. The summed E-state index contributed by atoms with van der Waals surface area (Å²) in [6.07, 6.45) is 0.342. The van der Waals surface area contributed by atoms with Crippen LogP contribution >= 0.6 is 15.9 Å². The molecule has 0 amide bonds. The van der Waals surface area contributed by atoms with Gasteiger partial charge < -0.3 is 5.32 Å². The van der Waals surface area contributed by atoms with E-state index in [9.17, 15) is 13.2 Å². The van der Waals surface area contributed by atoms with Gasteiger partial charge in [0.1, 0.15) is 17.5 Å². The second-order valence-electron chi connectivity index (χ2n) is 4.45. The van der Waals surface area contributed by atoms with Gasteiger partial charge in [-0.1, -0.05) is 15.9 Å². The highest BCUT2D eigenvalue weighted by molar-refractivity contribution is 9.10. The van der Waals surface area contributed by atoms with Gasteiger partial charge >= 0.3 is 0 Å². The molecule has 1 nitrogen and oxygen atoms in total. The maximum Gasteiger partial charge on any atom is 0.128 e. The monoisotopic (exact) mass is 343 g/mol. The van der Waals surface area contributed by atoms with Crippen LogP contribution in [0.3, 0.4) is 0 Å². The molecule has 0 saturated heterocycles. The molecule has 1 N–H and O–H groups in total. The van der Waals surface area contributed by atoms with Gasteiger partial charge in [0.15, 0.2) is 0 Å². The van der Waals surface area contributed by atoms with Crippen LogP contribution in [0.5, 0.6) is 0 Å². The van der Waals surface area contributed by atoms with Gasteiger partial charge in [-0.3, -0.25) is 0 Å². The van der Waals surface area contributed by atoms with E-state index in [2.05, 4.69) is 21.2 Å². The Morgan fingerprint density at radius 2 is 1.70 bits per heavy atom. The molecule has 2 aromatic rings. The average molecular weight is 344 g/mol. The van der Waals surface area contributed by atoms with E-state index in [4.69, 9.17) is 0 Å². The molecule has 2 aromatic carbocycles. The Labute approximate surface area is 123 Å². The molecule has 5 heteroatoms. The van der Waals surface area contributed by atoms with E-state index in [0.717, 1.165) is 22.7 Å². The van der Waals surface area contributed by atoms with Crippen molar-refractivity contribution in [2.45, 2.75) is 12.5 Å². The molecule has 0 aliphatic carbocycles. The van der Waals surface area contributed by atoms with Gasteiger partial charge in [0.2, 0.25) is 0 Å². The van der Waals surface area contributed by atoms with Crippen molar-refractivity contribution in [2.24, 2.45) is 0 Å². The van der Waals surface area contributed by atoms with Crippen molar-refractivity contribution in [3.63, 3.8) is 0 Å². The van der Waals surface area contributed by atoms with E-state index >= 15 is 0 Å². The number of rotatable bonds is 4. The summed E-state index contributed by atoms with van der Waals surface area (Å²) >= 11 is 3.33. The first kappa shape index (κ1) is 15.1. The maximum atomic E-state index is 13.8. The molecule has 2 rings (SSSR count). The highest BCUT2D eigenvalue weighted by Gasteiger charge is 2.17. The van der Waals surface area contributed by atoms with Crippen molar-refractivity contribution in [2.75, 3.05) is 7.05 Å². The molecule has 0 spiro atoms. The van der Waals surface area contributed by atoms with Crippen molar-refractivity contribution in [3.05, 3.63) is 69.4 Å². The lowest BCUT2D eigenvalue weighted by molar-refractivity contribution is 0.521. The molecule has 106 valence electrons. The Balaban J connectivity index is 2.33. The minimum Gasteiger partial charge on any atom is -0.313 e. The third kappa shape index (κ3) is 3.41. The van der Waals surface area contributed by atoms with Gasteiger partial charge in [-0.15, -0.1) is 0 Å². The minimum atomic E-state index is -0.500. The van der Waals surface area contributed by atoms with E-state index in [1.165, 1.54) is 12.1 Å². The van der Waals surface area contributed by atoms with Crippen molar-refractivity contribution in [1.82, 2.24) is 5.32 Å². The van der Waals surface area contributed by atoms with Crippen molar-refractivity contribution < 1.29 is 13.2 Å². The predicted molar refractivity (Wildman–Crippen MR) is 76.0 cm³/mol. The Hall–Kier alpha value is -1.33. The summed E-state index contributed by atoms with van der Waals surface area (Å²) in [7, 11) is 1.65. The molecule has 0 bridgehead atoms. The van der Waals surface area contributed by atoms with E-state index in [1.54, 1.807) is 13.1 Å². The normalized spacial score (nSPS) is 12.4. The van der Waals surface area contributed by atoms with Crippen LogP contribution in [-0.4, -0.2) is 7.05 Å². The largest absolute Gasteiger partial charge is 0.313 e. The van der Waals surface area contributed by atoms with E-state index in [1.807, 2.05) is 0 Å². The number of halogens is 4. The molecular formula is C15H13BrF3N. The highest BCUT2D eigenvalue weighted by atomic mass is 79.9. The zero-order valence-corrected chi connectivity index (χ0v) is 12.3. The molecule has 0 heterocycles. The molecule has 1 atom stereocenters. The fourth-order valence-corrected chi connectivity index (χ4v) is 2.48. The minimum absolute atomic E-state index is 0.226. The van der Waals surface area contributed by atoms with Gasteiger partial charge in [-0.05, 0) is 55.4 Å². The molecule has 0 aromatic heterocycles. The number of hydrogen-bond acceptors (Lipinski definition) is 1. The standard InChI is InChI=1S/C15H13BrF3N/c1-20-15(12-8-11(18)3-5-14(12)19)7-9-6-10(17)2-4-13(9)16/h2-6,8,15,20H,7H2,1H3. The third-order valence-electron chi connectivity index (χ3n) is 3.11. The van der Waals surface area contributed by atoms with Crippen molar-refractivity contribution in [1.29, 1.82) is 0 Å². The second kappa shape index (κ2) is 6.41. The van der Waals surface area contributed by atoms with Gasteiger partial charge in [-0.2, -0.15) is 0 Å². The zero-order valence-electron chi connectivity index (χ0n) is 10.8. The van der Waals surface area contributed by atoms with Crippen LogP contribution in [0.1, 0.15) is 17.2 Å². The Morgan fingerprint density at radius 3 is 2.40 bits per heavy atom. The van der Waals surface area contributed by atoms with Crippen LogP contribution in [0.4, 0.5) is 13.2 Å². The summed E-state index contributed by atoms with van der Waals surface area (Å²) < 4.78 is 41.1. The first-order valence-electron chi connectivity index (χ1n) is 6.07. The smallest absolute Gasteiger partial charge is 0.128 e. The second-order valence-corrected chi connectivity index (χ2v) is 5.30. The van der Waals surface area contributed by atoms with Crippen molar-refractivity contribution in [3.8, 4) is 0 Å². The van der Waals surface area contributed by atoms with Crippen LogP contribution in [0.2, 0.25) is 0 Å². The third-order valence-corrected chi connectivity index (χ3v) is 3.89. The Morgan fingerprint density at radius 1 is 1.05 bits per heavy atom. The van der Waals surface area contributed by atoms with Crippen LogP contribution in [0.25, 0.3) is 0 Å². The number of hydrogen-bond donors (Lipinski definition) is 1. The van der Waals surface area contributed by atoms with Crippen LogP contribution < -0.4 is 5.32 Å². The lowest BCUT2D eigenvalue weighted by Gasteiger charge is -2.18. The van der Waals surface area contributed by atoms with Crippen LogP contribution in [-0.2, 0) is 6.42 Å². The summed E-state index contributed by atoms with van der Waals surface area (Å²) in [5.74, 6) is -1.35. The summed E-state index contributed by atoms with van der Waals surface area (Å²) in [6, 6.07) is 7.20. The summed E-state index contributed by atoms with van der Waals surface area (Å²) in [4.78, 5) is 0. The van der Waals surface area contributed by atoms with Crippen LogP contribution in [0, 0.1) is 17.5 Å². The van der Waals surface area contributed by atoms with Gasteiger partial charge in [0.25, 0.3) is 0 Å². The van der Waals surface area contributed by atoms with E-state index in [-0.39, 0.29) is 11.4 Å². The number of likely N-dealkylation sites (N-methyl/N-ethyl adjacent to an activating group) is 1. The zero-order chi connectivity index (χ0) is 14.7. The highest BCUT2D eigenvalue weighted by Crippen LogP contribution is 2.26. The van der Waals surface area contributed by atoms with Gasteiger partial charge in [-0.25, -0.2) is 13.2 Å². The molecular weight excluding hydrogens is 331 g/mol. The van der Waals surface area contributed by atoms with Crippen molar-refractivity contribution >= 4 is 15.9 Å². The molecule has 0 fully saturated rings. The molecule has 0 saturated carbocycles. The van der Waals surface area contributed by atoms with Gasteiger partial charge in [0.05, 0.1) is 0 Å². The van der Waals surface area contributed by atoms with E-state index in [0.29, 0.717) is 12.0 Å². The molecule has 0 aliphatic rings. The lowest BCUT2D eigenvalue weighted by atomic mass is 9.98. The topological polar surface area (TPSA) is 12.0 Å². The van der Waals surface area contributed by atoms with Gasteiger partial charge in [0, 0.05) is 16.1 Å². The first-order chi connectivity index (χ1) is 9.51. The first-order valence-corrected chi connectivity index (χ1v) is 6.86. The number of nitrogens with one attached hydrogen (secondary N) is 1. The summed E-state index contributed by atoms with van der Waals surface area (Å²) in [5, 5.41) is 2.93. The molecule has 0 radical (unpaired) electrons. The fraction of sp³-hybridized carbons (Fsp3) is 0.200. The molecule has 1 unspecified atom stereocenters. The quantitative estimate of drug-likeness (QED) is 0.869. The molecule has 0 aliphatic heterocycles.